The minimum atomic E-state index is -0.499. The fourth-order valence-corrected chi connectivity index (χ4v) is 1.49. The van der Waals surface area contributed by atoms with Crippen molar-refractivity contribution in [3.05, 3.63) is 35.6 Å². The number of oxime groups is 1. The van der Waals surface area contributed by atoms with Crippen molar-refractivity contribution >= 4 is 17.3 Å². The molecule has 6 heteroatoms. The molecule has 2 N–H and O–H groups in total. The van der Waals surface area contributed by atoms with Crippen molar-refractivity contribution in [1.29, 1.82) is 0 Å². The van der Waals surface area contributed by atoms with Crippen LogP contribution in [0.4, 0.5) is 4.39 Å². The van der Waals surface area contributed by atoms with Crippen LogP contribution in [0.2, 0.25) is 0 Å². The molecule has 0 unspecified atom stereocenters. The lowest BCUT2D eigenvalue weighted by Gasteiger charge is -2.04. The fourth-order valence-electron chi connectivity index (χ4n) is 1.49. The monoisotopic (exact) mass is 235 g/mol. The summed E-state index contributed by atoms with van der Waals surface area (Å²) in [6, 6.07) is 5.01. The SMILES string of the molecule is O=C(/C(=N/O)C1=NCCN1)c1ccc(F)cc1. The van der Waals surface area contributed by atoms with E-state index in [2.05, 4.69) is 15.5 Å². The molecule has 0 saturated heterocycles. The smallest absolute Gasteiger partial charge is 0.218 e. The van der Waals surface area contributed by atoms with Crippen LogP contribution in [0, 0.1) is 5.82 Å². The summed E-state index contributed by atoms with van der Waals surface area (Å²) in [5, 5.41) is 14.6. The Balaban J connectivity index is 2.26. The Morgan fingerprint density at radius 3 is 2.65 bits per heavy atom. The molecule has 0 spiro atoms. The average molecular weight is 235 g/mol. The van der Waals surface area contributed by atoms with Crippen LogP contribution in [0.3, 0.4) is 0 Å². The molecule has 0 fully saturated rings. The lowest BCUT2D eigenvalue weighted by atomic mass is 10.1. The van der Waals surface area contributed by atoms with Crippen LogP contribution >= 0.6 is 0 Å². The van der Waals surface area contributed by atoms with Gasteiger partial charge in [0.25, 0.3) is 0 Å². The number of carbonyl (C=O) groups excluding carboxylic acids is 1. The molecule has 0 aliphatic carbocycles. The van der Waals surface area contributed by atoms with Crippen molar-refractivity contribution in [3.63, 3.8) is 0 Å². The predicted molar refractivity (Wildman–Crippen MR) is 60.3 cm³/mol. The zero-order valence-corrected chi connectivity index (χ0v) is 8.85. The van der Waals surface area contributed by atoms with Crippen LogP contribution in [-0.2, 0) is 0 Å². The Morgan fingerprint density at radius 1 is 1.41 bits per heavy atom. The molecular weight excluding hydrogens is 225 g/mol. The van der Waals surface area contributed by atoms with Gasteiger partial charge in [-0.1, -0.05) is 5.16 Å². The summed E-state index contributed by atoms with van der Waals surface area (Å²) in [6.45, 7) is 1.14. The summed E-state index contributed by atoms with van der Waals surface area (Å²) < 4.78 is 12.7. The Bertz CT molecular complexity index is 494. The highest BCUT2D eigenvalue weighted by Crippen LogP contribution is 2.06. The predicted octanol–water partition coefficient (Wildman–Crippen LogP) is 0.840. The molecule has 0 bridgehead atoms. The van der Waals surface area contributed by atoms with Gasteiger partial charge in [0.2, 0.25) is 5.78 Å². The van der Waals surface area contributed by atoms with Gasteiger partial charge in [-0.3, -0.25) is 9.79 Å². The van der Waals surface area contributed by atoms with E-state index in [9.17, 15) is 9.18 Å². The van der Waals surface area contributed by atoms with Gasteiger partial charge in [0.15, 0.2) is 11.5 Å². The van der Waals surface area contributed by atoms with Gasteiger partial charge < -0.3 is 10.5 Å². The van der Waals surface area contributed by atoms with Gasteiger partial charge in [-0.05, 0) is 24.3 Å². The van der Waals surface area contributed by atoms with E-state index < -0.39 is 11.6 Å². The number of hydrogen-bond donors (Lipinski definition) is 2. The maximum atomic E-state index is 12.7. The minimum absolute atomic E-state index is 0.158. The quantitative estimate of drug-likeness (QED) is 0.353. The number of Topliss-reactive ketones (excluding diaryl/α,β-unsaturated/α-hetero) is 1. The van der Waals surface area contributed by atoms with E-state index >= 15 is 0 Å². The Labute approximate surface area is 96.7 Å². The molecule has 0 amide bonds. The molecule has 0 radical (unpaired) electrons. The van der Waals surface area contributed by atoms with Crippen molar-refractivity contribution in [2.24, 2.45) is 10.1 Å². The first-order chi connectivity index (χ1) is 8.22. The van der Waals surface area contributed by atoms with Gasteiger partial charge in [0.1, 0.15) is 5.82 Å². The molecule has 1 heterocycles. The van der Waals surface area contributed by atoms with E-state index in [1.807, 2.05) is 0 Å². The summed E-state index contributed by atoms with van der Waals surface area (Å²) in [6.07, 6.45) is 0. The van der Waals surface area contributed by atoms with Gasteiger partial charge in [-0.15, -0.1) is 0 Å². The van der Waals surface area contributed by atoms with Crippen molar-refractivity contribution in [2.75, 3.05) is 13.1 Å². The second kappa shape index (κ2) is 4.73. The van der Waals surface area contributed by atoms with Gasteiger partial charge in [-0.25, -0.2) is 4.39 Å². The Morgan fingerprint density at radius 2 is 2.12 bits per heavy atom. The number of ketones is 1. The van der Waals surface area contributed by atoms with Crippen molar-refractivity contribution in [3.8, 4) is 0 Å². The second-order valence-corrected chi connectivity index (χ2v) is 3.44. The molecule has 88 valence electrons. The molecule has 1 aliphatic heterocycles. The Hall–Kier alpha value is -2.24. The van der Waals surface area contributed by atoms with Crippen molar-refractivity contribution in [1.82, 2.24) is 5.32 Å². The normalized spacial score (nSPS) is 15.4. The molecule has 1 aromatic rings. The number of benzene rings is 1. The summed E-state index contributed by atoms with van der Waals surface area (Å²) in [5.41, 5.74) is 0.0877. The first kappa shape index (κ1) is 11.3. The topological polar surface area (TPSA) is 74.0 Å². The number of nitrogens with one attached hydrogen (secondary N) is 1. The number of aliphatic imine (C=N–C) groups is 1. The van der Waals surface area contributed by atoms with Gasteiger partial charge in [-0.2, -0.15) is 0 Å². The van der Waals surface area contributed by atoms with Gasteiger partial charge in [0.05, 0.1) is 6.54 Å². The van der Waals surface area contributed by atoms with E-state index in [-0.39, 0.29) is 17.1 Å². The fraction of sp³-hybridized carbons (Fsp3) is 0.182. The number of rotatable bonds is 3. The van der Waals surface area contributed by atoms with Crippen LogP contribution < -0.4 is 5.32 Å². The standard InChI is InChI=1S/C11H10FN3O2/c12-8-3-1-7(2-4-8)10(16)9(15-17)11-13-5-6-14-11/h1-4,17H,5-6H2,(H,13,14)/b15-9-. The maximum absolute atomic E-state index is 12.7. The highest BCUT2D eigenvalue weighted by Gasteiger charge is 2.22. The van der Waals surface area contributed by atoms with Crippen LogP contribution in [-0.4, -0.2) is 35.6 Å². The highest BCUT2D eigenvalue weighted by molar-refractivity contribution is 6.69. The third-order valence-electron chi connectivity index (χ3n) is 2.32. The molecule has 17 heavy (non-hydrogen) atoms. The average Bonchev–Trinajstić information content (AvgIpc) is 2.84. The Kier molecular flexibility index (Phi) is 3.13. The molecule has 0 atom stereocenters. The van der Waals surface area contributed by atoms with Crippen LogP contribution in [0.15, 0.2) is 34.4 Å². The molecule has 5 nitrogen and oxygen atoms in total. The lowest BCUT2D eigenvalue weighted by Crippen LogP contribution is -2.33. The number of carbonyl (C=O) groups is 1. The third-order valence-corrected chi connectivity index (χ3v) is 2.32. The van der Waals surface area contributed by atoms with Gasteiger partial charge in [0, 0.05) is 12.1 Å². The van der Waals surface area contributed by atoms with Crippen molar-refractivity contribution < 1.29 is 14.4 Å². The molecule has 0 aromatic heterocycles. The third kappa shape index (κ3) is 2.30. The molecule has 2 rings (SSSR count). The minimum Gasteiger partial charge on any atom is -0.410 e. The molecular formula is C11H10FN3O2. The highest BCUT2D eigenvalue weighted by atomic mass is 19.1. The lowest BCUT2D eigenvalue weighted by molar-refractivity contribution is 0.106. The summed E-state index contributed by atoms with van der Waals surface area (Å²) in [5.74, 6) is -0.664. The summed E-state index contributed by atoms with van der Waals surface area (Å²) in [7, 11) is 0. The first-order valence-corrected chi connectivity index (χ1v) is 5.03. The zero-order valence-electron chi connectivity index (χ0n) is 8.85. The molecule has 1 aromatic carbocycles. The van der Waals surface area contributed by atoms with Crippen LogP contribution in [0.25, 0.3) is 0 Å². The van der Waals surface area contributed by atoms with E-state index in [0.717, 1.165) is 0 Å². The maximum Gasteiger partial charge on any atom is 0.218 e. The van der Waals surface area contributed by atoms with Crippen molar-refractivity contribution in [2.45, 2.75) is 0 Å². The molecule has 1 aliphatic rings. The zero-order chi connectivity index (χ0) is 12.3. The van der Waals surface area contributed by atoms with E-state index in [1.165, 1.54) is 24.3 Å². The second-order valence-electron chi connectivity index (χ2n) is 3.44. The van der Waals surface area contributed by atoms with Crippen LogP contribution in [0.1, 0.15) is 10.4 Å². The first-order valence-electron chi connectivity index (χ1n) is 5.03. The van der Waals surface area contributed by atoms with E-state index in [4.69, 9.17) is 5.21 Å². The van der Waals surface area contributed by atoms with E-state index in [1.54, 1.807) is 0 Å². The number of nitrogens with zero attached hydrogens (tertiary/aromatic N) is 2. The van der Waals surface area contributed by atoms with Gasteiger partial charge >= 0.3 is 0 Å². The largest absolute Gasteiger partial charge is 0.410 e. The number of halogens is 1. The number of amidine groups is 1. The van der Waals surface area contributed by atoms with Crippen LogP contribution in [0.5, 0.6) is 0 Å². The number of hydrogen-bond acceptors (Lipinski definition) is 5. The van der Waals surface area contributed by atoms with E-state index in [0.29, 0.717) is 13.1 Å². The summed E-state index contributed by atoms with van der Waals surface area (Å²) in [4.78, 5) is 15.9. The summed E-state index contributed by atoms with van der Waals surface area (Å²) >= 11 is 0. The molecule has 0 saturated carbocycles.